The molecule has 0 unspecified atom stereocenters. The van der Waals surface area contributed by atoms with E-state index in [0.717, 1.165) is 16.9 Å². The maximum Gasteiger partial charge on any atom is 0.418 e. The predicted octanol–water partition coefficient (Wildman–Crippen LogP) is 2.13. The fourth-order valence-electron chi connectivity index (χ4n) is 2.13. The average Bonchev–Trinajstić information content (AvgIpc) is 3.00. The van der Waals surface area contributed by atoms with Crippen molar-refractivity contribution in [1.82, 2.24) is 20.3 Å². The number of hydrogen-bond acceptors (Lipinski definition) is 4. The molecule has 10 heteroatoms. The monoisotopic (exact) mass is 356 g/mol. The average molecular weight is 356 g/mol. The van der Waals surface area contributed by atoms with Gasteiger partial charge in [-0.05, 0) is 18.1 Å². The van der Waals surface area contributed by atoms with Crippen LogP contribution in [0.5, 0.6) is 0 Å². The van der Waals surface area contributed by atoms with E-state index >= 15 is 0 Å². The minimum Gasteiger partial charge on any atom is -0.480 e. The summed E-state index contributed by atoms with van der Waals surface area (Å²) >= 11 is 0. The Balaban J connectivity index is 2.29. The highest BCUT2D eigenvalue weighted by atomic mass is 19.4. The summed E-state index contributed by atoms with van der Waals surface area (Å²) in [5, 5.41) is 18.4. The van der Waals surface area contributed by atoms with Crippen molar-refractivity contribution >= 4 is 11.9 Å². The lowest BCUT2D eigenvalue weighted by molar-refractivity contribution is -0.140. The summed E-state index contributed by atoms with van der Waals surface area (Å²) in [6.07, 6.45) is -3.59. The molecular formula is C15H15F3N4O3. The highest BCUT2D eigenvalue weighted by molar-refractivity contribution is 5.94. The van der Waals surface area contributed by atoms with E-state index in [4.69, 9.17) is 5.11 Å². The molecule has 1 amide bonds. The third kappa shape index (κ3) is 4.14. The second-order valence-corrected chi connectivity index (χ2v) is 5.60. The van der Waals surface area contributed by atoms with Crippen LogP contribution in [0, 0.1) is 5.92 Å². The molecule has 0 saturated heterocycles. The first kappa shape index (κ1) is 18.4. The molecule has 7 nitrogen and oxygen atoms in total. The first-order chi connectivity index (χ1) is 11.6. The summed E-state index contributed by atoms with van der Waals surface area (Å²) in [5.74, 6) is -2.45. The van der Waals surface area contributed by atoms with Gasteiger partial charge in [0.2, 0.25) is 0 Å². The lowest BCUT2D eigenvalue weighted by atomic mass is 10.0. The maximum absolute atomic E-state index is 13.0. The van der Waals surface area contributed by atoms with E-state index in [0.29, 0.717) is 0 Å². The second kappa shape index (κ2) is 6.91. The van der Waals surface area contributed by atoms with Crippen molar-refractivity contribution in [3.05, 3.63) is 41.7 Å². The SMILES string of the molecule is CC(C)[C@@H](NC(=O)c1cn(-c2ccccc2C(F)(F)F)nn1)C(=O)O. The van der Waals surface area contributed by atoms with Gasteiger partial charge in [-0.2, -0.15) is 13.2 Å². The predicted molar refractivity (Wildman–Crippen MR) is 80.1 cm³/mol. The van der Waals surface area contributed by atoms with Crippen molar-refractivity contribution in [2.45, 2.75) is 26.1 Å². The van der Waals surface area contributed by atoms with Crippen LogP contribution in [0.4, 0.5) is 13.2 Å². The van der Waals surface area contributed by atoms with Crippen LogP contribution in [0.25, 0.3) is 5.69 Å². The minimum absolute atomic E-state index is 0.288. The van der Waals surface area contributed by atoms with Crippen LogP contribution < -0.4 is 5.32 Å². The highest BCUT2D eigenvalue weighted by Crippen LogP contribution is 2.33. The molecule has 0 aliphatic heterocycles. The van der Waals surface area contributed by atoms with Gasteiger partial charge < -0.3 is 10.4 Å². The van der Waals surface area contributed by atoms with Gasteiger partial charge in [-0.25, -0.2) is 9.48 Å². The molecule has 0 aliphatic carbocycles. The number of para-hydroxylation sites is 1. The van der Waals surface area contributed by atoms with E-state index in [-0.39, 0.29) is 17.3 Å². The van der Waals surface area contributed by atoms with Crippen molar-refractivity contribution in [2.75, 3.05) is 0 Å². The van der Waals surface area contributed by atoms with Gasteiger partial charge in [0, 0.05) is 0 Å². The summed E-state index contributed by atoms with van der Waals surface area (Å²) in [6.45, 7) is 3.21. The number of amides is 1. The number of aliphatic carboxylic acids is 1. The number of carbonyl (C=O) groups is 2. The Morgan fingerprint density at radius 2 is 1.88 bits per heavy atom. The Kier molecular flexibility index (Phi) is 5.10. The zero-order valence-electron chi connectivity index (χ0n) is 13.3. The molecule has 0 saturated carbocycles. The quantitative estimate of drug-likeness (QED) is 0.855. The standard InChI is InChI=1S/C15H15F3N4O3/c1-8(2)12(14(24)25)19-13(23)10-7-22(21-20-10)11-6-4-3-5-9(11)15(16,17)18/h3-8,12H,1-2H3,(H,19,23)(H,24,25)/t12-/m1/s1. The van der Waals surface area contributed by atoms with Gasteiger partial charge in [0.25, 0.3) is 5.91 Å². The third-order valence-electron chi connectivity index (χ3n) is 3.40. The number of aromatic nitrogens is 3. The number of nitrogens with zero attached hydrogens (tertiary/aromatic N) is 3. The van der Waals surface area contributed by atoms with Crippen molar-refractivity contribution in [1.29, 1.82) is 0 Å². The van der Waals surface area contributed by atoms with Crippen molar-refractivity contribution in [3.8, 4) is 5.69 Å². The molecule has 2 rings (SSSR count). The van der Waals surface area contributed by atoms with Gasteiger partial charge >= 0.3 is 12.1 Å². The fraction of sp³-hybridized carbons (Fsp3) is 0.333. The molecule has 0 radical (unpaired) electrons. The minimum atomic E-state index is -4.60. The molecule has 0 aliphatic rings. The van der Waals surface area contributed by atoms with Crippen molar-refractivity contribution in [2.24, 2.45) is 5.92 Å². The number of benzene rings is 1. The van der Waals surface area contributed by atoms with Crippen LogP contribution in [0.15, 0.2) is 30.5 Å². The van der Waals surface area contributed by atoms with Crippen LogP contribution >= 0.6 is 0 Å². The number of halogens is 3. The number of carboxylic acid groups (broad SMARTS) is 1. The molecule has 134 valence electrons. The van der Waals surface area contributed by atoms with E-state index < -0.39 is 29.7 Å². The van der Waals surface area contributed by atoms with E-state index in [1.807, 2.05) is 0 Å². The molecule has 25 heavy (non-hydrogen) atoms. The number of hydrogen-bond donors (Lipinski definition) is 2. The van der Waals surface area contributed by atoms with Crippen molar-refractivity contribution in [3.63, 3.8) is 0 Å². The number of nitrogens with one attached hydrogen (secondary N) is 1. The highest BCUT2D eigenvalue weighted by Gasteiger charge is 2.34. The molecule has 1 atom stereocenters. The Bertz CT molecular complexity index is 786. The van der Waals surface area contributed by atoms with Gasteiger partial charge in [0.05, 0.1) is 17.4 Å². The Morgan fingerprint density at radius 3 is 2.44 bits per heavy atom. The van der Waals surface area contributed by atoms with E-state index in [1.165, 1.54) is 18.2 Å². The van der Waals surface area contributed by atoms with E-state index in [1.54, 1.807) is 13.8 Å². The normalized spacial score (nSPS) is 12.9. The summed E-state index contributed by atoms with van der Waals surface area (Å²) in [4.78, 5) is 23.2. The lowest BCUT2D eigenvalue weighted by Gasteiger charge is -2.16. The summed E-state index contributed by atoms with van der Waals surface area (Å²) in [6, 6.07) is 3.55. The number of alkyl halides is 3. The Labute approximate surface area is 140 Å². The lowest BCUT2D eigenvalue weighted by Crippen LogP contribution is -2.44. The number of carbonyl (C=O) groups excluding carboxylic acids is 1. The summed E-state index contributed by atoms with van der Waals surface area (Å²) in [5.41, 5.74) is -1.51. The van der Waals surface area contributed by atoms with E-state index in [2.05, 4.69) is 15.6 Å². The van der Waals surface area contributed by atoms with Gasteiger partial charge in [-0.1, -0.05) is 31.2 Å². The van der Waals surface area contributed by atoms with E-state index in [9.17, 15) is 22.8 Å². The number of carboxylic acids is 1. The molecule has 1 aromatic carbocycles. The van der Waals surface area contributed by atoms with Crippen LogP contribution in [0.3, 0.4) is 0 Å². The van der Waals surface area contributed by atoms with Gasteiger partial charge in [-0.3, -0.25) is 4.79 Å². The third-order valence-corrected chi connectivity index (χ3v) is 3.40. The van der Waals surface area contributed by atoms with Crippen LogP contribution in [0.2, 0.25) is 0 Å². The zero-order chi connectivity index (χ0) is 18.8. The zero-order valence-corrected chi connectivity index (χ0v) is 13.3. The summed E-state index contributed by atoms with van der Waals surface area (Å²) in [7, 11) is 0. The van der Waals surface area contributed by atoms with Gasteiger partial charge in [0.15, 0.2) is 5.69 Å². The molecule has 2 N–H and O–H groups in total. The van der Waals surface area contributed by atoms with Gasteiger partial charge in [-0.15, -0.1) is 5.10 Å². The van der Waals surface area contributed by atoms with Gasteiger partial charge in [0.1, 0.15) is 6.04 Å². The van der Waals surface area contributed by atoms with Crippen molar-refractivity contribution < 1.29 is 27.9 Å². The first-order valence-corrected chi connectivity index (χ1v) is 7.24. The van der Waals surface area contributed by atoms with Crippen LogP contribution in [-0.2, 0) is 11.0 Å². The van der Waals surface area contributed by atoms with Crippen LogP contribution in [0.1, 0.15) is 29.9 Å². The molecule has 1 heterocycles. The molecule has 2 aromatic rings. The smallest absolute Gasteiger partial charge is 0.418 e. The fourth-order valence-corrected chi connectivity index (χ4v) is 2.13. The second-order valence-electron chi connectivity index (χ2n) is 5.60. The molecule has 0 spiro atoms. The molecule has 1 aromatic heterocycles. The number of rotatable bonds is 5. The van der Waals surface area contributed by atoms with Crippen LogP contribution in [-0.4, -0.2) is 38.0 Å². The molecular weight excluding hydrogens is 341 g/mol. The topological polar surface area (TPSA) is 97.1 Å². The molecule has 0 bridgehead atoms. The summed E-state index contributed by atoms with van der Waals surface area (Å²) < 4.78 is 40.0. The largest absolute Gasteiger partial charge is 0.480 e. The first-order valence-electron chi connectivity index (χ1n) is 7.24. The molecule has 0 fully saturated rings. The Morgan fingerprint density at radius 1 is 1.24 bits per heavy atom. The maximum atomic E-state index is 13.0. The Hall–Kier alpha value is -2.91.